The number of imide groups is 1. The van der Waals surface area contributed by atoms with E-state index in [1.807, 2.05) is 37.3 Å². The van der Waals surface area contributed by atoms with E-state index >= 15 is 0 Å². The predicted octanol–water partition coefficient (Wildman–Crippen LogP) is 4.23. The molecule has 9 nitrogen and oxygen atoms in total. The van der Waals surface area contributed by atoms with Gasteiger partial charge in [0.2, 0.25) is 5.78 Å². The molecule has 2 amide bonds. The van der Waals surface area contributed by atoms with Gasteiger partial charge in [0.05, 0.1) is 23.2 Å². The van der Waals surface area contributed by atoms with Crippen LogP contribution >= 0.6 is 0 Å². The lowest BCUT2D eigenvalue weighted by molar-refractivity contribution is 0.0474. The van der Waals surface area contributed by atoms with E-state index in [0.29, 0.717) is 22.8 Å². The molecular formula is C28H23N3O6. The van der Waals surface area contributed by atoms with Gasteiger partial charge in [0, 0.05) is 23.0 Å². The summed E-state index contributed by atoms with van der Waals surface area (Å²) in [7, 11) is 0. The Morgan fingerprint density at radius 2 is 1.65 bits per heavy atom. The molecule has 2 aromatic heterocycles. The molecular weight excluding hydrogens is 474 g/mol. The Morgan fingerprint density at radius 1 is 0.919 bits per heavy atom. The number of aryl methyl sites for hydroxylation is 2. The summed E-state index contributed by atoms with van der Waals surface area (Å²) in [6, 6.07) is 16.8. The number of carbonyl (C=O) groups is 4. The van der Waals surface area contributed by atoms with E-state index in [9.17, 15) is 19.2 Å². The molecule has 0 radical (unpaired) electrons. The van der Waals surface area contributed by atoms with E-state index in [0.717, 1.165) is 16.2 Å². The van der Waals surface area contributed by atoms with Gasteiger partial charge in [-0.15, -0.1) is 0 Å². The van der Waals surface area contributed by atoms with Crippen LogP contribution in [-0.2, 0) is 11.3 Å². The number of fused-ring (bicyclic) bond motifs is 1. The number of nitrogens with zero attached hydrogens (tertiary/aromatic N) is 3. The summed E-state index contributed by atoms with van der Waals surface area (Å²) in [5.74, 6) is -0.848. The standard InChI is InChI=1S/C28H23N3O6/c1-16-11-22(18(3)31(16)25-12-17(2)37-29-25)24(32)15-36-28(35)20-9-10-21-23(13-20)27(34)30(26(21)33)14-19-7-5-4-6-8-19/h4-13H,14-15H2,1-3H3. The Bertz CT molecular complexity index is 1560. The third kappa shape index (κ3) is 4.35. The Balaban J connectivity index is 1.28. The summed E-state index contributed by atoms with van der Waals surface area (Å²) in [5.41, 5.74) is 3.08. The lowest BCUT2D eigenvalue weighted by atomic mass is 10.1. The van der Waals surface area contributed by atoms with Gasteiger partial charge >= 0.3 is 5.97 Å². The molecule has 37 heavy (non-hydrogen) atoms. The quantitative estimate of drug-likeness (QED) is 0.213. The minimum atomic E-state index is -0.765. The summed E-state index contributed by atoms with van der Waals surface area (Å²) in [6.07, 6.45) is 0. The molecule has 0 saturated carbocycles. The molecule has 0 spiro atoms. The highest BCUT2D eigenvalue weighted by Gasteiger charge is 2.36. The van der Waals surface area contributed by atoms with Crippen LogP contribution in [0, 0.1) is 20.8 Å². The van der Waals surface area contributed by atoms with Crippen LogP contribution in [-0.4, -0.2) is 44.8 Å². The number of carbonyl (C=O) groups excluding carboxylic acids is 4. The predicted molar refractivity (Wildman–Crippen MR) is 132 cm³/mol. The number of ether oxygens (including phenoxy) is 1. The second kappa shape index (κ2) is 9.34. The van der Waals surface area contributed by atoms with Gasteiger partial charge in [-0.1, -0.05) is 35.5 Å². The molecule has 0 aliphatic carbocycles. The number of hydrogen-bond donors (Lipinski definition) is 0. The summed E-state index contributed by atoms with van der Waals surface area (Å²) < 4.78 is 12.2. The van der Waals surface area contributed by atoms with E-state index in [2.05, 4.69) is 5.16 Å². The molecule has 0 bridgehead atoms. The Labute approximate surface area is 212 Å². The molecule has 186 valence electrons. The number of rotatable bonds is 7. The van der Waals surface area contributed by atoms with Gasteiger partial charge < -0.3 is 9.26 Å². The van der Waals surface area contributed by atoms with E-state index < -0.39 is 24.4 Å². The average molecular weight is 498 g/mol. The van der Waals surface area contributed by atoms with Gasteiger partial charge in [-0.3, -0.25) is 23.9 Å². The van der Waals surface area contributed by atoms with Gasteiger partial charge in [-0.2, -0.15) is 0 Å². The fraction of sp³-hybridized carbons (Fsp3) is 0.179. The van der Waals surface area contributed by atoms with E-state index in [4.69, 9.17) is 9.26 Å². The van der Waals surface area contributed by atoms with Crippen LogP contribution in [0.1, 0.15) is 64.1 Å². The third-order valence-electron chi connectivity index (χ3n) is 6.30. The van der Waals surface area contributed by atoms with Crippen molar-refractivity contribution in [3.8, 4) is 5.82 Å². The maximum absolute atomic E-state index is 12.9. The first-order valence-electron chi connectivity index (χ1n) is 11.6. The molecule has 2 aromatic carbocycles. The molecule has 1 aliphatic rings. The van der Waals surface area contributed by atoms with Crippen molar-refractivity contribution >= 4 is 23.6 Å². The number of benzene rings is 2. The average Bonchev–Trinajstić information content (AvgIpc) is 3.52. The number of esters is 1. The number of ketones is 1. The highest BCUT2D eigenvalue weighted by Crippen LogP contribution is 2.26. The fourth-order valence-corrected chi connectivity index (χ4v) is 4.48. The Hall–Kier alpha value is -4.79. The molecule has 3 heterocycles. The van der Waals surface area contributed by atoms with Crippen molar-refractivity contribution in [2.75, 3.05) is 6.61 Å². The summed E-state index contributed by atoms with van der Waals surface area (Å²) in [6.45, 7) is 5.04. The second-order valence-corrected chi connectivity index (χ2v) is 8.86. The van der Waals surface area contributed by atoms with Crippen molar-refractivity contribution in [2.24, 2.45) is 0 Å². The van der Waals surface area contributed by atoms with Crippen LogP contribution in [0.4, 0.5) is 0 Å². The smallest absolute Gasteiger partial charge is 0.338 e. The van der Waals surface area contributed by atoms with Gasteiger partial charge in [0.1, 0.15) is 5.76 Å². The molecule has 0 N–H and O–H groups in total. The van der Waals surface area contributed by atoms with Crippen molar-refractivity contribution in [3.63, 3.8) is 0 Å². The SMILES string of the molecule is Cc1cc(-n2c(C)cc(C(=O)COC(=O)c3ccc4c(c3)C(=O)N(Cc3ccccc3)C4=O)c2C)no1. The summed E-state index contributed by atoms with van der Waals surface area (Å²) in [4.78, 5) is 52.4. The molecule has 9 heteroatoms. The number of Topliss-reactive ketones (excluding diaryl/α,β-unsaturated/α-hetero) is 1. The van der Waals surface area contributed by atoms with Crippen LogP contribution in [0.2, 0.25) is 0 Å². The first kappa shape index (κ1) is 23.9. The molecule has 4 aromatic rings. The largest absolute Gasteiger partial charge is 0.454 e. The second-order valence-electron chi connectivity index (χ2n) is 8.86. The van der Waals surface area contributed by atoms with Crippen LogP contribution in [0.15, 0.2) is 65.2 Å². The van der Waals surface area contributed by atoms with Gasteiger partial charge in [0.25, 0.3) is 11.8 Å². The molecule has 1 aliphatic heterocycles. The maximum Gasteiger partial charge on any atom is 0.338 e. The van der Waals surface area contributed by atoms with Gasteiger partial charge in [-0.05, 0) is 50.6 Å². The topological polar surface area (TPSA) is 112 Å². The maximum atomic E-state index is 12.9. The van der Waals surface area contributed by atoms with Crippen molar-refractivity contribution in [1.29, 1.82) is 0 Å². The van der Waals surface area contributed by atoms with Crippen LogP contribution in [0.5, 0.6) is 0 Å². The molecule has 0 fully saturated rings. The lowest BCUT2D eigenvalue weighted by Gasteiger charge is -2.13. The minimum absolute atomic E-state index is 0.0813. The monoisotopic (exact) mass is 497 g/mol. The van der Waals surface area contributed by atoms with Crippen molar-refractivity contribution in [2.45, 2.75) is 27.3 Å². The Morgan fingerprint density at radius 3 is 2.35 bits per heavy atom. The number of amides is 2. The zero-order chi connectivity index (χ0) is 26.3. The van der Waals surface area contributed by atoms with Crippen LogP contribution < -0.4 is 0 Å². The highest BCUT2D eigenvalue weighted by molar-refractivity contribution is 6.21. The van der Waals surface area contributed by atoms with E-state index in [1.165, 1.54) is 18.2 Å². The number of aromatic nitrogens is 2. The zero-order valence-electron chi connectivity index (χ0n) is 20.5. The summed E-state index contributed by atoms with van der Waals surface area (Å²) >= 11 is 0. The van der Waals surface area contributed by atoms with Crippen molar-refractivity contribution in [1.82, 2.24) is 14.6 Å². The molecule has 5 rings (SSSR count). The van der Waals surface area contributed by atoms with Gasteiger partial charge in [-0.25, -0.2) is 4.79 Å². The minimum Gasteiger partial charge on any atom is -0.454 e. The van der Waals surface area contributed by atoms with E-state index in [-0.39, 0.29) is 29.0 Å². The first-order chi connectivity index (χ1) is 17.7. The number of hydrogen-bond acceptors (Lipinski definition) is 7. The van der Waals surface area contributed by atoms with Crippen molar-refractivity contribution < 1.29 is 28.4 Å². The molecule has 0 saturated heterocycles. The molecule has 0 unspecified atom stereocenters. The normalized spacial score (nSPS) is 12.7. The van der Waals surface area contributed by atoms with Gasteiger partial charge in [0.15, 0.2) is 12.4 Å². The molecule has 0 atom stereocenters. The zero-order valence-corrected chi connectivity index (χ0v) is 20.5. The van der Waals surface area contributed by atoms with Crippen molar-refractivity contribution in [3.05, 3.63) is 106 Å². The van der Waals surface area contributed by atoms with Crippen LogP contribution in [0.25, 0.3) is 5.82 Å². The van der Waals surface area contributed by atoms with Crippen LogP contribution in [0.3, 0.4) is 0 Å². The Kier molecular flexibility index (Phi) is 6.04. The highest BCUT2D eigenvalue weighted by atomic mass is 16.5. The third-order valence-corrected chi connectivity index (χ3v) is 6.30. The lowest BCUT2D eigenvalue weighted by Crippen LogP contribution is -2.29. The fourth-order valence-electron chi connectivity index (χ4n) is 4.48. The summed E-state index contributed by atoms with van der Waals surface area (Å²) in [5, 5.41) is 4.00. The first-order valence-corrected chi connectivity index (χ1v) is 11.6. The van der Waals surface area contributed by atoms with E-state index in [1.54, 1.807) is 30.5 Å².